The van der Waals surface area contributed by atoms with E-state index in [9.17, 15) is 8.42 Å². The van der Waals surface area contributed by atoms with Gasteiger partial charge in [0.1, 0.15) is 11.1 Å². The van der Waals surface area contributed by atoms with Crippen LogP contribution in [0.2, 0.25) is 0 Å². The second-order valence-electron chi connectivity index (χ2n) is 5.17. The molecule has 2 rings (SSSR count). The van der Waals surface area contributed by atoms with Crippen LogP contribution in [0, 0.1) is 0 Å². The lowest BCUT2D eigenvalue weighted by atomic mass is 10.3. The summed E-state index contributed by atoms with van der Waals surface area (Å²) in [7, 11) is -3.02. The summed E-state index contributed by atoms with van der Waals surface area (Å²) in [6.45, 7) is 2.14. The minimum Gasteiger partial charge on any atom is -0.494 e. The summed E-state index contributed by atoms with van der Waals surface area (Å²) < 4.78 is 29.2. The first-order chi connectivity index (χ1) is 9.97. The molecule has 1 aliphatic rings. The van der Waals surface area contributed by atoms with E-state index < -0.39 is 9.84 Å². The van der Waals surface area contributed by atoms with E-state index in [-0.39, 0.29) is 5.37 Å². The number of anilines is 1. The van der Waals surface area contributed by atoms with E-state index in [0.29, 0.717) is 18.0 Å². The zero-order valence-corrected chi connectivity index (χ0v) is 13.8. The molecule has 118 valence electrons. The molecule has 1 aromatic carbocycles. The maximum Gasteiger partial charge on any atom is 0.164 e. The molecule has 0 spiro atoms. The fourth-order valence-electron chi connectivity index (χ4n) is 2.29. The Bertz CT molecular complexity index is 546. The first-order valence-electron chi connectivity index (χ1n) is 6.96. The zero-order valence-electron chi connectivity index (χ0n) is 12.2. The van der Waals surface area contributed by atoms with Gasteiger partial charge in [0.25, 0.3) is 0 Å². The van der Waals surface area contributed by atoms with Gasteiger partial charge in [0.05, 0.1) is 6.61 Å². The minimum atomic E-state index is -3.02. The predicted octanol–water partition coefficient (Wildman–Crippen LogP) is 1.46. The van der Waals surface area contributed by atoms with Crippen molar-refractivity contribution in [1.82, 2.24) is 4.90 Å². The Morgan fingerprint density at radius 2 is 2.10 bits per heavy atom. The van der Waals surface area contributed by atoms with Crippen molar-refractivity contribution in [3.63, 3.8) is 0 Å². The van der Waals surface area contributed by atoms with Crippen LogP contribution in [0.15, 0.2) is 24.3 Å². The highest BCUT2D eigenvalue weighted by Gasteiger charge is 2.30. The lowest BCUT2D eigenvalue weighted by Gasteiger charge is -2.33. The van der Waals surface area contributed by atoms with Gasteiger partial charge in [0.2, 0.25) is 0 Å². The summed E-state index contributed by atoms with van der Waals surface area (Å²) in [4.78, 5) is 2.05. The highest BCUT2D eigenvalue weighted by molar-refractivity contribution is 8.00. The molecule has 1 heterocycles. The SMILES string of the molecule is CS(=O)(=O)C1CSCCN1CCCOc1ccc(N)cc1. The summed E-state index contributed by atoms with van der Waals surface area (Å²) >= 11 is 1.71. The Kier molecular flexibility index (Phi) is 5.78. The summed E-state index contributed by atoms with van der Waals surface area (Å²) in [5.74, 6) is 2.45. The fourth-order valence-corrected chi connectivity index (χ4v) is 5.26. The summed E-state index contributed by atoms with van der Waals surface area (Å²) in [6.07, 6.45) is 2.13. The number of nitrogens with zero attached hydrogens (tertiary/aromatic N) is 1. The normalized spacial score (nSPS) is 20.3. The van der Waals surface area contributed by atoms with Crippen LogP contribution in [0.25, 0.3) is 0 Å². The topological polar surface area (TPSA) is 72.6 Å². The van der Waals surface area contributed by atoms with Crippen molar-refractivity contribution in [3.05, 3.63) is 24.3 Å². The largest absolute Gasteiger partial charge is 0.494 e. The van der Waals surface area contributed by atoms with Crippen LogP contribution in [-0.4, -0.2) is 56.1 Å². The second-order valence-corrected chi connectivity index (χ2v) is 8.52. The second kappa shape index (κ2) is 7.38. The highest BCUT2D eigenvalue weighted by Crippen LogP contribution is 2.20. The lowest BCUT2D eigenvalue weighted by molar-refractivity contribution is 0.231. The Morgan fingerprint density at radius 3 is 2.76 bits per heavy atom. The Labute approximate surface area is 130 Å². The van der Waals surface area contributed by atoms with Crippen LogP contribution < -0.4 is 10.5 Å². The molecule has 1 unspecified atom stereocenters. The van der Waals surface area contributed by atoms with Gasteiger partial charge in [-0.25, -0.2) is 8.42 Å². The number of hydrogen-bond acceptors (Lipinski definition) is 6. The quantitative estimate of drug-likeness (QED) is 0.629. The molecule has 0 aliphatic carbocycles. The van der Waals surface area contributed by atoms with Crippen molar-refractivity contribution in [3.8, 4) is 5.75 Å². The van der Waals surface area contributed by atoms with Crippen molar-refractivity contribution < 1.29 is 13.2 Å². The number of thioether (sulfide) groups is 1. The third-order valence-corrected chi connectivity index (χ3v) is 6.11. The Hall–Kier alpha value is -0.920. The maximum absolute atomic E-state index is 11.8. The molecule has 1 aliphatic heterocycles. The minimum absolute atomic E-state index is 0.354. The number of nitrogens with two attached hydrogens (primary N) is 1. The van der Waals surface area contributed by atoms with Crippen molar-refractivity contribution in [2.24, 2.45) is 0 Å². The number of benzene rings is 1. The van der Waals surface area contributed by atoms with E-state index >= 15 is 0 Å². The van der Waals surface area contributed by atoms with E-state index in [2.05, 4.69) is 4.90 Å². The first kappa shape index (κ1) is 16.5. The Morgan fingerprint density at radius 1 is 1.38 bits per heavy atom. The molecule has 21 heavy (non-hydrogen) atoms. The molecule has 0 saturated carbocycles. The van der Waals surface area contributed by atoms with Gasteiger partial charge >= 0.3 is 0 Å². The van der Waals surface area contributed by atoms with Crippen LogP contribution >= 0.6 is 11.8 Å². The molecule has 1 saturated heterocycles. The first-order valence-corrected chi connectivity index (χ1v) is 10.1. The highest BCUT2D eigenvalue weighted by atomic mass is 32.2. The van der Waals surface area contributed by atoms with Gasteiger partial charge in [-0.3, -0.25) is 4.90 Å². The molecule has 1 aromatic rings. The van der Waals surface area contributed by atoms with Crippen LogP contribution in [0.5, 0.6) is 5.75 Å². The summed E-state index contributed by atoms with van der Waals surface area (Å²) in [5, 5.41) is -0.354. The van der Waals surface area contributed by atoms with Crippen LogP contribution in [-0.2, 0) is 9.84 Å². The fraction of sp³-hybridized carbons (Fsp3) is 0.571. The van der Waals surface area contributed by atoms with Crippen molar-refractivity contribution in [1.29, 1.82) is 0 Å². The summed E-state index contributed by atoms with van der Waals surface area (Å²) in [6, 6.07) is 7.28. The maximum atomic E-state index is 11.8. The Balaban J connectivity index is 1.78. The number of nitrogen functional groups attached to an aromatic ring is 1. The number of sulfone groups is 1. The summed E-state index contributed by atoms with van der Waals surface area (Å²) in [5.41, 5.74) is 6.33. The lowest BCUT2D eigenvalue weighted by Crippen LogP contribution is -2.47. The molecular formula is C14H22N2O3S2. The molecule has 0 bridgehead atoms. The molecule has 1 fully saturated rings. The van der Waals surface area contributed by atoms with Crippen molar-refractivity contribution in [2.75, 3.05) is 43.2 Å². The van der Waals surface area contributed by atoms with E-state index in [0.717, 1.165) is 31.0 Å². The molecule has 2 N–H and O–H groups in total. The van der Waals surface area contributed by atoms with Gasteiger partial charge in [0, 0.05) is 36.5 Å². The molecule has 1 atom stereocenters. The average Bonchev–Trinajstić information content (AvgIpc) is 2.45. The molecular weight excluding hydrogens is 308 g/mol. The number of rotatable bonds is 6. The number of ether oxygens (including phenoxy) is 1. The zero-order chi connectivity index (χ0) is 15.3. The van der Waals surface area contributed by atoms with Crippen LogP contribution in [0.4, 0.5) is 5.69 Å². The van der Waals surface area contributed by atoms with Gasteiger partial charge < -0.3 is 10.5 Å². The third-order valence-electron chi connectivity index (χ3n) is 3.42. The monoisotopic (exact) mass is 330 g/mol. The smallest absolute Gasteiger partial charge is 0.164 e. The molecule has 5 nitrogen and oxygen atoms in total. The molecule has 0 radical (unpaired) electrons. The van der Waals surface area contributed by atoms with E-state index in [4.69, 9.17) is 10.5 Å². The average molecular weight is 330 g/mol. The molecule has 7 heteroatoms. The van der Waals surface area contributed by atoms with Crippen LogP contribution in [0.1, 0.15) is 6.42 Å². The van der Waals surface area contributed by atoms with Gasteiger partial charge in [-0.15, -0.1) is 0 Å². The predicted molar refractivity (Wildman–Crippen MR) is 88.5 cm³/mol. The van der Waals surface area contributed by atoms with Crippen molar-refractivity contribution >= 4 is 27.3 Å². The molecule has 0 amide bonds. The standard InChI is InChI=1S/C14H22N2O3S2/c1-21(17,18)14-11-20-10-8-16(14)7-2-9-19-13-5-3-12(15)4-6-13/h3-6,14H,2,7-11,15H2,1H3. The van der Waals surface area contributed by atoms with Gasteiger partial charge in [-0.05, 0) is 30.7 Å². The van der Waals surface area contributed by atoms with E-state index in [1.807, 2.05) is 12.1 Å². The third kappa shape index (κ3) is 5.09. The van der Waals surface area contributed by atoms with Crippen molar-refractivity contribution in [2.45, 2.75) is 11.8 Å². The van der Waals surface area contributed by atoms with Crippen LogP contribution in [0.3, 0.4) is 0 Å². The number of hydrogen-bond donors (Lipinski definition) is 1. The van der Waals surface area contributed by atoms with Gasteiger partial charge in [0.15, 0.2) is 9.84 Å². The molecule has 0 aromatic heterocycles. The van der Waals surface area contributed by atoms with Gasteiger partial charge in [-0.1, -0.05) is 0 Å². The van der Waals surface area contributed by atoms with Gasteiger partial charge in [-0.2, -0.15) is 11.8 Å². The van der Waals surface area contributed by atoms with E-state index in [1.54, 1.807) is 23.9 Å². The van der Waals surface area contributed by atoms with E-state index in [1.165, 1.54) is 6.26 Å².